The van der Waals surface area contributed by atoms with Gasteiger partial charge in [-0.25, -0.2) is 0 Å². The van der Waals surface area contributed by atoms with E-state index in [0.29, 0.717) is 12.1 Å². The minimum Gasteiger partial charge on any atom is -0.508 e. The van der Waals surface area contributed by atoms with Crippen LogP contribution in [0, 0.1) is 0 Å². The topological polar surface area (TPSA) is 66.5 Å². The lowest BCUT2D eigenvalue weighted by molar-refractivity contribution is 0.468. The average molecular weight is 215 g/mol. The second-order valence-corrected chi connectivity index (χ2v) is 3.59. The lowest BCUT2D eigenvalue weighted by atomic mass is 10.0. The van der Waals surface area contributed by atoms with Gasteiger partial charge in [0.2, 0.25) is 0 Å². The van der Waals surface area contributed by atoms with Crippen LogP contribution >= 0.6 is 0 Å². The molecule has 0 aliphatic carbocycles. The highest BCUT2D eigenvalue weighted by atomic mass is 16.3. The fourth-order valence-electron chi connectivity index (χ4n) is 1.58. The number of hydrogen-bond acceptors (Lipinski definition) is 3. The third-order valence-electron chi connectivity index (χ3n) is 2.50. The average Bonchev–Trinajstić information content (AvgIpc) is 2.31. The first-order valence-electron chi connectivity index (χ1n) is 5.02. The monoisotopic (exact) mass is 215 g/mol. The summed E-state index contributed by atoms with van der Waals surface area (Å²) in [6, 6.07) is 12.2. The fourth-order valence-corrected chi connectivity index (χ4v) is 1.58. The molecule has 2 aromatic rings. The molecule has 0 aliphatic heterocycles. The van der Waals surface area contributed by atoms with Gasteiger partial charge < -0.3 is 15.9 Å². The summed E-state index contributed by atoms with van der Waals surface area (Å²) in [5.74, 6) is 0.451. The van der Waals surface area contributed by atoms with E-state index in [4.69, 9.17) is 5.73 Å². The molecule has 0 saturated heterocycles. The number of aromatic hydroxyl groups is 2. The molecule has 2 rings (SSSR count). The standard InChI is InChI=1S/C13H13NO2/c14-8-11-7-10(3-6-13(11)16)9-1-4-12(15)5-2-9/h1-7,15-16H,8,14H2. The minimum atomic E-state index is 0.213. The number of hydrogen-bond donors (Lipinski definition) is 3. The van der Waals surface area contributed by atoms with Gasteiger partial charge in [-0.3, -0.25) is 0 Å². The summed E-state index contributed by atoms with van der Waals surface area (Å²) in [4.78, 5) is 0. The Balaban J connectivity index is 2.44. The van der Waals surface area contributed by atoms with Gasteiger partial charge in [-0.15, -0.1) is 0 Å². The molecule has 0 fully saturated rings. The summed E-state index contributed by atoms with van der Waals surface area (Å²) < 4.78 is 0. The van der Waals surface area contributed by atoms with Crippen LogP contribution in [0.1, 0.15) is 5.56 Å². The molecular formula is C13H13NO2. The van der Waals surface area contributed by atoms with E-state index >= 15 is 0 Å². The van der Waals surface area contributed by atoms with Crippen molar-refractivity contribution in [2.24, 2.45) is 5.73 Å². The lowest BCUT2D eigenvalue weighted by Crippen LogP contribution is -1.96. The van der Waals surface area contributed by atoms with Gasteiger partial charge in [-0.1, -0.05) is 18.2 Å². The van der Waals surface area contributed by atoms with Crippen molar-refractivity contribution in [3.63, 3.8) is 0 Å². The molecule has 0 aromatic heterocycles. The van der Waals surface area contributed by atoms with Gasteiger partial charge in [0.25, 0.3) is 0 Å². The minimum absolute atomic E-state index is 0.213. The maximum absolute atomic E-state index is 9.51. The summed E-state index contributed by atoms with van der Waals surface area (Å²) in [7, 11) is 0. The van der Waals surface area contributed by atoms with Crippen LogP contribution in [0.15, 0.2) is 42.5 Å². The van der Waals surface area contributed by atoms with Gasteiger partial charge >= 0.3 is 0 Å². The number of benzene rings is 2. The van der Waals surface area contributed by atoms with Gasteiger partial charge in [0, 0.05) is 12.1 Å². The molecular weight excluding hydrogens is 202 g/mol. The van der Waals surface area contributed by atoms with Crippen molar-refractivity contribution in [1.82, 2.24) is 0 Å². The normalized spacial score (nSPS) is 10.3. The van der Waals surface area contributed by atoms with Crippen LogP contribution in [0.25, 0.3) is 11.1 Å². The van der Waals surface area contributed by atoms with Crippen LogP contribution in [0.3, 0.4) is 0 Å². The Bertz CT molecular complexity index is 492. The zero-order chi connectivity index (χ0) is 11.5. The SMILES string of the molecule is NCc1cc(-c2ccc(O)cc2)ccc1O. The summed E-state index contributed by atoms with van der Waals surface area (Å²) in [6.45, 7) is 0.303. The molecule has 3 heteroatoms. The van der Waals surface area contributed by atoms with Crippen molar-refractivity contribution in [2.75, 3.05) is 0 Å². The molecule has 3 nitrogen and oxygen atoms in total. The van der Waals surface area contributed by atoms with Crippen LogP contribution in [-0.4, -0.2) is 10.2 Å². The summed E-state index contributed by atoms with van der Waals surface area (Å²) >= 11 is 0. The molecule has 0 saturated carbocycles. The molecule has 16 heavy (non-hydrogen) atoms. The van der Waals surface area contributed by atoms with E-state index in [2.05, 4.69) is 0 Å². The number of nitrogens with two attached hydrogens (primary N) is 1. The Morgan fingerprint density at radius 3 is 2.12 bits per heavy atom. The largest absolute Gasteiger partial charge is 0.508 e. The van der Waals surface area contributed by atoms with Crippen LogP contribution in [-0.2, 0) is 6.54 Å². The van der Waals surface area contributed by atoms with Gasteiger partial charge in [0.05, 0.1) is 0 Å². The van der Waals surface area contributed by atoms with Crippen molar-refractivity contribution in [2.45, 2.75) is 6.54 Å². The highest BCUT2D eigenvalue weighted by Gasteiger charge is 2.03. The van der Waals surface area contributed by atoms with E-state index in [0.717, 1.165) is 11.1 Å². The molecule has 0 radical (unpaired) electrons. The summed E-state index contributed by atoms with van der Waals surface area (Å²) in [6.07, 6.45) is 0. The highest BCUT2D eigenvalue weighted by Crippen LogP contribution is 2.26. The predicted octanol–water partition coefficient (Wildman–Crippen LogP) is 2.22. The number of phenolic OH excluding ortho intramolecular Hbond substituents is 2. The third kappa shape index (κ3) is 1.99. The van der Waals surface area contributed by atoms with Gasteiger partial charge in [-0.2, -0.15) is 0 Å². The highest BCUT2D eigenvalue weighted by molar-refractivity contribution is 5.66. The van der Waals surface area contributed by atoms with E-state index in [1.165, 1.54) is 0 Å². The van der Waals surface area contributed by atoms with Gasteiger partial charge in [0.15, 0.2) is 0 Å². The summed E-state index contributed by atoms with van der Waals surface area (Å²) in [5.41, 5.74) is 8.18. The predicted molar refractivity (Wildman–Crippen MR) is 63.1 cm³/mol. The number of phenols is 2. The molecule has 4 N–H and O–H groups in total. The Hall–Kier alpha value is -2.00. The first-order chi connectivity index (χ1) is 7.70. The smallest absolute Gasteiger partial charge is 0.120 e. The van der Waals surface area contributed by atoms with Crippen molar-refractivity contribution >= 4 is 0 Å². The second-order valence-electron chi connectivity index (χ2n) is 3.59. The van der Waals surface area contributed by atoms with Crippen molar-refractivity contribution < 1.29 is 10.2 Å². The second kappa shape index (κ2) is 4.24. The van der Waals surface area contributed by atoms with Crippen LogP contribution in [0.4, 0.5) is 0 Å². The van der Waals surface area contributed by atoms with Crippen molar-refractivity contribution in [3.8, 4) is 22.6 Å². The van der Waals surface area contributed by atoms with Gasteiger partial charge in [-0.05, 0) is 35.4 Å². The zero-order valence-corrected chi connectivity index (χ0v) is 8.72. The van der Waals surface area contributed by atoms with E-state index in [1.807, 2.05) is 24.3 Å². The fraction of sp³-hybridized carbons (Fsp3) is 0.0769. The van der Waals surface area contributed by atoms with E-state index in [1.54, 1.807) is 18.2 Å². The Labute approximate surface area is 93.8 Å². The molecule has 0 atom stereocenters. The van der Waals surface area contributed by atoms with Crippen LogP contribution < -0.4 is 5.73 Å². The van der Waals surface area contributed by atoms with Gasteiger partial charge in [0.1, 0.15) is 11.5 Å². The van der Waals surface area contributed by atoms with E-state index in [9.17, 15) is 10.2 Å². The molecule has 0 bridgehead atoms. The first kappa shape index (κ1) is 10.5. The van der Waals surface area contributed by atoms with Crippen LogP contribution in [0.5, 0.6) is 11.5 Å². The molecule has 0 aliphatic rings. The van der Waals surface area contributed by atoms with E-state index in [-0.39, 0.29) is 11.5 Å². The van der Waals surface area contributed by atoms with Crippen molar-refractivity contribution in [3.05, 3.63) is 48.0 Å². The lowest BCUT2D eigenvalue weighted by Gasteiger charge is -2.06. The Kier molecular flexibility index (Phi) is 2.79. The Morgan fingerprint density at radius 1 is 0.875 bits per heavy atom. The third-order valence-corrected chi connectivity index (χ3v) is 2.50. The maximum atomic E-state index is 9.51. The maximum Gasteiger partial charge on any atom is 0.120 e. The van der Waals surface area contributed by atoms with Crippen LogP contribution in [0.2, 0.25) is 0 Å². The molecule has 0 heterocycles. The number of rotatable bonds is 2. The zero-order valence-electron chi connectivity index (χ0n) is 8.72. The molecule has 2 aromatic carbocycles. The quantitative estimate of drug-likeness (QED) is 0.719. The Morgan fingerprint density at radius 2 is 1.50 bits per heavy atom. The first-order valence-corrected chi connectivity index (χ1v) is 5.02. The van der Waals surface area contributed by atoms with E-state index < -0.39 is 0 Å². The molecule has 0 spiro atoms. The summed E-state index contributed by atoms with van der Waals surface area (Å²) in [5, 5.41) is 18.7. The molecule has 0 amide bonds. The van der Waals surface area contributed by atoms with Crippen molar-refractivity contribution in [1.29, 1.82) is 0 Å². The molecule has 0 unspecified atom stereocenters. The molecule has 82 valence electrons.